The fourth-order valence-corrected chi connectivity index (χ4v) is 2.35. The van der Waals surface area contributed by atoms with E-state index < -0.39 is 6.09 Å². The molecule has 6 nitrogen and oxygen atoms in total. The van der Waals surface area contributed by atoms with Crippen molar-refractivity contribution in [3.8, 4) is 0 Å². The van der Waals surface area contributed by atoms with Crippen molar-refractivity contribution in [1.29, 1.82) is 0 Å². The van der Waals surface area contributed by atoms with Crippen LogP contribution in [0.1, 0.15) is 0 Å². The van der Waals surface area contributed by atoms with Gasteiger partial charge in [0.1, 0.15) is 0 Å². The number of amides is 2. The highest BCUT2D eigenvalue weighted by Crippen LogP contribution is 2.52. The third-order valence-corrected chi connectivity index (χ3v) is 3.33. The number of hydrogen-bond acceptors (Lipinski definition) is 3. The van der Waals surface area contributed by atoms with Gasteiger partial charge in [-0.3, -0.25) is 9.63 Å². The lowest BCUT2D eigenvalue weighted by molar-refractivity contribution is -0.171. The molecule has 1 unspecified atom stereocenters. The van der Waals surface area contributed by atoms with E-state index in [9.17, 15) is 9.59 Å². The van der Waals surface area contributed by atoms with Crippen LogP contribution in [0.15, 0.2) is 0 Å². The molecule has 2 aliphatic rings. The molecule has 6 heteroatoms. The van der Waals surface area contributed by atoms with Crippen molar-refractivity contribution in [3.63, 3.8) is 0 Å². The molecule has 2 amide bonds. The van der Waals surface area contributed by atoms with Crippen LogP contribution in [0.2, 0.25) is 0 Å². The van der Waals surface area contributed by atoms with Gasteiger partial charge in [0.25, 0.3) is 0 Å². The number of carbonyl (C=O) groups excluding carboxylic acids is 1. The molecule has 0 radical (unpaired) electrons. The Balaban J connectivity index is 1.89. The smallest absolute Gasteiger partial charge is 0.407 e. The van der Waals surface area contributed by atoms with Gasteiger partial charge in [0, 0.05) is 20.1 Å². The lowest BCUT2D eigenvalue weighted by atomic mass is 10.2. The van der Waals surface area contributed by atoms with Crippen molar-refractivity contribution in [2.24, 2.45) is 17.8 Å². The molecule has 15 heavy (non-hydrogen) atoms. The molecule has 0 aromatic carbocycles. The Bertz CT molecular complexity index is 294. The Morgan fingerprint density at radius 2 is 1.93 bits per heavy atom. The molecule has 0 aromatic rings. The van der Waals surface area contributed by atoms with Gasteiger partial charge in [-0.05, 0) is 11.8 Å². The van der Waals surface area contributed by atoms with E-state index >= 15 is 0 Å². The SMILES string of the molecule is CON(C)C(=O)[C@H]1C2CN(C(=O)O)C[C@H]21. The van der Waals surface area contributed by atoms with E-state index in [0.717, 1.165) is 0 Å². The summed E-state index contributed by atoms with van der Waals surface area (Å²) in [5, 5.41) is 9.95. The van der Waals surface area contributed by atoms with Gasteiger partial charge in [-0.1, -0.05) is 0 Å². The van der Waals surface area contributed by atoms with E-state index in [4.69, 9.17) is 9.94 Å². The highest BCUT2D eigenvalue weighted by Gasteiger charge is 2.61. The average Bonchev–Trinajstić information content (AvgIpc) is 2.69. The third kappa shape index (κ3) is 1.54. The molecule has 1 aliphatic carbocycles. The second-order valence-electron chi connectivity index (χ2n) is 4.06. The third-order valence-electron chi connectivity index (χ3n) is 3.33. The second-order valence-corrected chi connectivity index (χ2v) is 4.06. The Hall–Kier alpha value is -1.30. The van der Waals surface area contributed by atoms with Crippen molar-refractivity contribution in [2.75, 3.05) is 27.2 Å². The first-order valence-corrected chi connectivity index (χ1v) is 4.85. The maximum Gasteiger partial charge on any atom is 0.407 e. The zero-order valence-corrected chi connectivity index (χ0v) is 8.71. The minimum atomic E-state index is -0.895. The van der Waals surface area contributed by atoms with Crippen molar-refractivity contribution in [2.45, 2.75) is 0 Å². The summed E-state index contributed by atoms with van der Waals surface area (Å²) in [5.74, 6) is 0.320. The summed E-state index contributed by atoms with van der Waals surface area (Å²) >= 11 is 0. The van der Waals surface area contributed by atoms with E-state index in [1.807, 2.05) is 0 Å². The van der Waals surface area contributed by atoms with Crippen LogP contribution in [0.25, 0.3) is 0 Å². The van der Waals surface area contributed by atoms with Crippen LogP contribution in [-0.4, -0.2) is 54.3 Å². The molecule has 0 spiro atoms. The Labute approximate surface area is 87.4 Å². The predicted molar refractivity (Wildman–Crippen MR) is 49.8 cm³/mol. The largest absolute Gasteiger partial charge is 0.465 e. The Morgan fingerprint density at radius 1 is 1.40 bits per heavy atom. The van der Waals surface area contributed by atoms with Crippen molar-refractivity contribution < 1.29 is 19.5 Å². The number of nitrogens with zero attached hydrogens (tertiary/aromatic N) is 2. The maximum atomic E-state index is 11.7. The Morgan fingerprint density at radius 3 is 2.33 bits per heavy atom. The summed E-state index contributed by atoms with van der Waals surface area (Å²) in [4.78, 5) is 28.5. The zero-order chi connectivity index (χ0) is 11.2. The topological polar surface area (TPSA) is 70.1 Å². The highest BCUT2D eigenvalue weighted by molar-refractivity contribution is 5.82. The number of carbonyl (C=O) groups is 2. The van der Waals surface area contributed by atoms with Crippen molar-refractivity contribution in [3.05, 3.63) is 0 Å². The number of hydroxylamine groups is 2. The molecule has 1 aliphatic heterocycles. The van der Waals surface area contributed by atoms with Gasteiger partial charge >= 0.3 is 6.09 Å². The lowest BCUT2D eigenvalue weighted by Gasteiger charge is -2.18. The molecule has 84 valence electrons. The molecule has 0 aromatic heterocycles. The summed E-state index contributed by atoms with van der Waals surface area (Å²) in [7, 11) is 3.02. The second kappa shape index (κ2) is 3.37. The van der Waals surface area contributed by atoms with Gasteiger partial charge in [-0.2, -0.15) is 0 Å². The quantitative estimate of drug-likeness (QED) is 0.650. The fourth-order valence-electron chi connectivity index (χ4n) is 2.35. The summed E-state index contributed by atoms with van der Waals surface area (Å²) in [6, 6.07) is 0. The van der Waals surface area contributed by atoms with E-state index in [-0.39, 0.29) is 23.7 Å². The van der Waals surface area contributed by atoms with Gasteiger partial charge in [-0.25, -0.2) is 9.86 Å². The van der Waals surface area contributed by atoms with E-state index in [1.54, 1.807) is 7.05 Å². The Kier molecular flexibility index (Phi) is 2.30. The molecule has 1 N–H and O–H groups in total. The van der Waals surface area contributed by atoms with E-state index in [2.05, 4.69) is 0 Å². The van der Waals surface area contributed by atoms with Crippen LogP contribution in [0.5, 0.6) is 0 Å². The number of carboxylic acid groups (broad SMARTS) is 1. The minimum Gasteiger partial charge on any atom is -0.465 e. The van der Waals surface area contributed by atoms with Gasteiger partial charge in [-0.15, -0.1) is 0 Å². The fraction of sp³-hybridized carbons (Fsp3) is 0.778. The molecular formula is C9H14N2O4. The molecule has 1 heterocycles. The van der Waals surface area contributed by atoms with Crippen molar-refractivity contribution >= 4 is 12.0 Å². The molecular weight excluding hydrogens is 200 g/mol. The number of likely N-dealkylation sites (tertiary alicyclic amines) is 1. The first kappa shape index (κ1) is 10.2. The monoisotopic (exact) mass is 214 g/mol. The van der Waals surface area contributed by atoms with Crippen LogP contribution in [0, 0.1) is 17.8 Å². The summed E-state index contributed by atoms with van der Waals surface area (Å²) < 4.78 is 0. The molecule has 2 rings (SSSR count). The molecule has 2 fully saturated rings. The number of hydrogen-bond donors (Lipinski definition) is 1. The number of piperidine rings is 1. The highest BCUT2D eigenvalue weighted by atomic mass is 16.7. The van der Waals surface area contributed by atoms with Gasteiger partial charge < -0.3 is 10.0 Å². The number of fused-ring (bicyclic) bond motifs is 1. The van der Waals surface area contributed by atoms with Gasteiger partial charge in [0.2, 0.25) is 5.91 Å². The van der Waals surface area contributed by atoms with Crippen LogP contribution in [0.4, 0.5) is 4.79 Å². The summed E-state index contributed by atoms with van der Waals surface area (Å²) in [6.07, 6.45) is -0.895. The predicted octanol–water partition coefficient (Wildman–Crippen LogP) is -0.138. The summed E-state index contributed by atoms with van der Waals surface area (Å²) in [5.41, 5.74) is 0. The normalized spacial score (nSPS) is 32.4. The maximum absolute atomic E-state index is 11.7. The van der Waals surface area contributed by atoms with Crippen LogP contribution in [0.3, 0.4) is 0 Å². The standard InChI is InChI=1S/C9H14N2O4/c1-10(15-2)8(12)7-5-3-11(9(13)14)4-6(5)7/h5-7H,3-4H2,1-2H3,(H,13,14)/t5-,6?,7-/m1/s1. The van der Waals surface area contributed by atoms with Gasteiger partial charge in [0.05, 0.1) is 13.0 Å². The molecule has 0 bridgehead atoms. The molecule has 1 saturated carbocycles. The van der Waals surface area contributed by atoms with E-state index in [1.165, 1.54) is 17.1 Å². The van der Waals surface area contributed by atoms with Crippen LogP contribution in [-0.2, 0) is 9.63 Å². The summed E-state index contributed by atoms with van der Waals surface area (Å²) in [6.45, 7) is 0.960. The van der Waals surface area contributed by atoms with Gasteiger partial charge in [0.15, 0.2) is 0 Å². The molecule has 1 saturated heterocycles. The first-order chi connectivity index (χ1) is 7.06. The zero-order valence-electron chi connectivity index (χ0n) is 8.71. The first-order valence-electron chi connectivity index (χ1n) is 4.85. The molecule has 3 atom stereocenters. The van der Waals surface area contributed by atoms with Crippen LogP contribution >= 0.6 is 0 Å². The van der Waals surface area contributed by atoms with E-state index in [0.29, 0.717) is 13.1 Å². The lowest BCUT2D eigenvalue weighted by Crippen LogP contribution is -2.34. The minimum absolute atomic E-state index is 0.0365. The van der Waals surface area contributed by atoms with Crippen molar-refractivity contribution in [1.82, 2.24) is 9.96 Å². The van der Waals surface area contributed by atoms with Crippen LogP contribution < -0.4 is 0 Å². The average molecular weight is 214 g/mol. The number of rotatable bonds is 2.